The molecule has 2 aromatic rings. The van der Waals surface area contributed by atoms with Crippen molar-refractivity contribution >= 4 is 0 Å². The molecule has 2 aromatic heterocycles. The summed E-state index contributed by atoms with van der Waals surface area (Å²) < 4.78 is 5.31. The fourth-order valence-corrected chi connectivity index (χ4v) is 2.29. The lowest BCUT2D eigenvalue weighted by molar-refractivity contribution is 0.358. The second kappa shape index (κ2) is 4.86. The van der Waals surface area contributed by atoms with Crippen LogP contribution in [0.15, 0.2) is 22.9 Å². The number of hydrogen-bond donors (Lipinski definition) is 1. The molecule has 5 heteroatoms. The van der Waals surface area contributed by atoms with E-state index >= 15 is 0 Å². The summed E-state index contributed by atoms with van der Waals surface area (Å²) in [6.07, 6.45) is 3.78. The summed E-state index contributed by atoms with van der Waals surface area (Å²) in [5.74, 6) is 1.92. The fourth-order valence-electron chi connectivity index (χ4n) is 2.29. The predicted molar refractivity (Wildman–Crippen MR) is 66.9 cm³/mol. The maximum Gasteiger partial charge on any atom is 0.227 e. The highest BCUT2D eigenvalue weighted by atomic mass is 16.5. The zero-order valence-corrected chi connectivity index (χ0v) is 10.4. The van der Waals surface area contributed by atoms with Gasteiger partial charge in [-0.1, -0.05) is 11.2 Å². The van der Waals surface area contributed by atoms with Gasteiger partial charge in [0.2, 0.25) is 11.7 Å². The lowest BCUT2D eigenvalue weighted by Crippen LogP contribution is -2.10. The Hall–Kier alpha value is -1.75. The molecule has 1 saturated heterocycles. The second-order valence-electron chi connectivity index (χ2n) is 4.74. The molecule has 0 aromatic carbocycles. The molecule has 1 fully saturated rings. The highest BCUT2D eigenvalue weighted by Gasteiger charge is 2.19. The quantitative estimate of drug-likeness (QED) is 0.888. The maximum absolute atomic E-state index is 5.31. The lowest BCUT2D eigenvalue weighted by Gasteiger charge is -2.01. The largest absolute Gasteiger partial charge is 0.339 e. The Bertz CT molecular complexity index is 531. The monoisotopic (exact) mass is 244 g/mol. The van der Waals surface area contributed by atoms with Crippen LogP contribution in [0, 0.1) is 12.8 Å². The Labute approximate surface area is 106 Å². The molecule has 0 amide bonds. The summed E-state index contributed by atoms with van der Waals surface area (Å²) in [6.45, 7) is 4.13. The second-order valence-corrected chi connectivity index (χ2v) is 4.74. The van der Waals surface area contributed by atoms with Crippen molar-refractivity contribution in [1.82, 2.24) is 20.4 Å². The Morgan fingerprint density at radius 1 is 1.50 bits per heavy atom. The molecule has 0 bridgehead atoms. The average Bonchev–Trinajstić information content (AvgIpc) is 3.02. The van der Waals surface area contributed by atoms with Crippen LogP contribution in [0.1, 0.15) is 17.9 Å². The van der Waals surface area contributed by atoms with Gasteiger partial charge in [-0.15, -0.1) is 0 Å². The molecule has 5 nitrogen and oxygen atoms in total. The Balaban J connectivity index is 1.79. The summed E-state index contributed by atoms with van der Waals surface area (Å²) in [4.78, 5) is 8.73. The van der Waals surface area contributed by atoms with Gasteiger partial charge < -0.3 is 9.84 Å². The van der Waals surface area contributed by atoms with Crippen molar-refractivity contribution in [3.63, 3.8) is 0 Å². The summed E-state index contributed by atoms with van der Waals surface area (Å²) in [6, 6.07) is 3.91. The van der Waals surface area contributed by atoms with E-state index in [4.69, 9.17) is 4.52 Å². The summed E-state index contributed by atoms with van der Waals surface area (Å²) in [5.41, 5.74) is 1.87. The smallest absolute Gasteiger partial charge is 0.227 e. The van der Waals surface area contributed by atoms with Gasteiger partial charge >= 0.3 is 0 Å². The van der Waals surface area contributed by atoms with E-state index in [2.05, 4.69) is 20.4 Å². The first-order valence-electron chi connectivity index (χ1n) is 6.28. The van der Waals surface area contributed by atoms with Gasteiger partial charge in [0.15, 0.2) is 0 Å². The summed E-state index contributed by atoms with van der Waals surface area (Å²) in [7, 11) is 0. The van der Waals surface area contributed by atoms with Crippen LogP contribution in [0.3, 0.4) is 0 Å². The number of nitrogens with one attached hydrogen (secondary N) is 1. The zero-order chi connectivity index (χ0) is 12.4. The van der Waals surface area contributed by atoms with E-state index < -0.39 is 0 Å². The van der Waals surface area contributed by atoms with Gasteiger partial charge in [-0.05, 0) is 44.0 Å². The van der Waals surface area contributed by atoms with Crippen molar-refractivity contribution < 1.29 is 4.52 Å². The van der Waals surface area contributed by atoms with Crippen molar-refractivity contribution in [3.8, 4) is 11.5 Å². The Morgan fingerprint density at radius 2 is 2.44 bits per heavy atom. The van der Waals surface area contributed by atoms with Gasteiger partial charge in [-0.25, -0.2) is 0 Å². The van der Waals surface area contributed by atoms with Crippen LogP contribution in [-0.2, 0) is 6.42 Å². The number of aromatic nitrogens is 3. The van der Waals surface area contributed by atoms with Crippen LogP contribution in [0.5, 0.6) is 0 Å². The van der Waals surface area contributed by atoms with Crippen molar-refractivity contribution in [3.05, 3.63) is 29.8 Å². The molecule has 0 saturated carbocycles. The van der Waals surface area contributed by atoms with Gasteiger partial charge in [-0.2, -0.15) is 4.98 Å². The highest BCUT2D eigenvalue weighted by Crippen LogP contribution is 2.19. The molecule has 0 radical (unpaired) electrons. The first-order chi connectivity index (χ1) is 8.83. The number of nitrogens with zero attached hydrogens (tertiary/aromatic N) is 3. The van der Waals surface area contributed by atoms with Crippen molar-refractivity contribution in [2.75, 3.05) is 13.1 Å². The molecular weight excluding hydrogens is 228 g/mol. The van der Waals surface area contributed by atoms with Gasteiger partial charge in [0.05, 0.1) is 0 Å². The van der Waals surface area contributed by atoms with Gasteiger partial charge in [0, 0.05) is 12.6 Å². The molecule has 1 aliphatic heterocycles. The van der Waals surface area contributed by atoms with E-state index in [-0.39, 0.29) is 0 Å². The number of pyridine rings is 1. The van der Waals surface area contributed by atoms with Crippen LogP contribution in [0.25, 0.3) is 11.5 Å². The molecule has 0 aliphatic carbocycles. The molecule has 18 heavy (non-hydrogen) atoms. The van der Waals surface area contributed by atoms with Crippen LogP contribution in [0.4, 0.5) is 0 Å². The molecule has 3 heterocycles. The standard InChI is InChI=1S/C13H16N4O/c1-9-3-2-5-15-12(9)13-16-11(18-17-13)7-10-4-6-14-8-10/h2-3,5,10,14H,4,6-8H2,1H3. The van der Waals surface area contributed by atoms with E-state index in [0.29, 0.717) is 17.6 Å². The van der Waals surface area contributed by atoms with Gasteiger partial charge in [-0.3, -0.25) is 4.98 Å². The number of hydrogen-bond acceptors (Lipinski definition) is 5. The lowest BCUT2D eigenvalue weighted by atomic mass is 10.1. The normalized spacial score (nSPS) is 19.3. The van der Waals surface area contributed by atoms with Crippen LogP contribution < -0.4 is 5.32 Å². The number of aryl methyl sites for hydroxylation is 1. The van der Waals surface area contributed by atoms with Crippen LogP contribution in [-0.4, -0.2) is 28.2 Å². The van der Waals surface area contributed by atoms with Crippen LogP contribution >= 0.6 is 0 Å². The minimum absolute atomic E-state index is 0.592. The molecular formula is C13H16N4O. The maximum atomic E-state index is 5.31. The minimum Gasteiger partial charge on any atom is -0.339 e. The van der Waals surface area contributed by atoms with Crippen molar-refractivity contribution in [2.45, 2.75) is 19.8 Å². The first-order valence-corrected chi connectivity index (χ1v) is 6.28. The Kier molecular flexibility index (Phi) is 3.06. The SMILES string of the molecule is Cc1cccnc1-c1noc(CC2CCNC2)n1. The molecule has 1 aliphatic rings. The summed E-state index contributed by atoms with van der Waals surface area (Å²) >= 11 is 0. The molecule has 0 spiro atoms. The third kappa shape index (κ3) is 2.26. The third-order valence-electron chi connectivity index (χ3n) is 3.32. The van der Waals surface area contributed by atoms with Gasteiger partial charge in [0.25, 0.3) is 0 Å². The average molecular weight is 244 g/mol. The van der Waals surface area contributed by atoms with Crippen LogP contribution in [0.2, 0.25) is 0 Å². The van der Waals surface area contributed by atoms with E-state index in [1.54, 1.807) is 6.20 Å². The number of rotatable bonds is 3. The van der Waals surface area contributed by atoms with E-state index in [9.17, 15) is 0 Å². The van der Waals surface area contributed by atoms with Gasteiger partial charge in [0.1, 0.15) is 5.69 Å². The van der Waals surface area contributed by atoms with E-state index in [1.807, 2.05) is 19.1 Å². The van der Waals surface area contributed by atoms with Crippen molar-refractivity contribution in [1.29, 1.82) is 0 Å². The van der Waals surface area contributed by atoms with E-state index in [0.717, 1.165) is 30.8 Å². The Morgan fingerprint density at radius 3 is 3.22 bits per heavy atom. The predicted octanol–water partition coefficient (Wildman–Crippen LogP) is 1.59. The van der Waals surface area contributed by atoms with E-state index in [1.165, 1.54) is 6.42 Å². The molecule has 1 unspecified atom stereocenters. The summed E-state index contributed by atoms with van der Waals surface area (Å²) in [5, 5.41) is 7.36. The molecule has 1 N–H and O–H groups in total. The molecule has 3 rings (SSSR count). The van der Waals surface area contributed by atoms with Crippen molar-refractivity contribution in [2.24, 2.45) is 5.92 Å². The third-order valence-corrected chi connectivity index (χ3v) is 3.32. The molecule has 1 atom stereocenters. The topological polar surface area (TPSA) is 63.8 Å². The highest BCUT2D eigenvalue weighted by molar-refractivity contribution is 5.53. The fraction of sp³-hybridized carbons (Fsp3) is 0.462. The first kappa shape index (κ1) is 11.3. The minimum atomic E-state index is 0.592. The zero-order valence-electron chi connectivity index (χ0n) is 10.4. The molecule has 94 valence electrons.